The van der Waals surface area contributed by atoms with Crippen molar-refractivity contribution in [3.8, 4) is 0 Å². The number of halogens is 1. The van der Waals surface area contributed by atoms with Gasteiger partial charge in [-0.2, -0.15) is 0 Å². The number of carbonyl (C=O) groups is 2. The van der Waals surface area contributed by atoms with Gasteiger partial charge < -0.3 is 20.3 Å². The highest BCUT2D eigenvalue weighted by molar-refractivity contribution is 5.95. The van der Waals surface area contributed by atoms with Gasteiger partial charge in [-0.15, -0.1) is 0 Å². The van der Waals surface area contributed by atoms with Gasteiger partial charge in [0.2, 0.25) is 0 Å². The number of benzene rings is 2. The van der Waals surface area contributed by atoms with E-state index in [1.54, 1.807) is 35.2 Å². The van der Waals surface area contributed by atoms with Crippen molar-refractivity contribution in [3.63, 3.8) is 0 Å². The minimum Gasteiger partial charge on any atom is -0.465 e. The number of nitrogen functional groups attached to an aromatic ring is 1. The molecule has 0 unspecified atom stereocenters. The zero-order valence-corrected chi connectivity index (χ0v) is 14.4. The van der Waals surface area contributed by atoms with Crippen molar-refractivity contribution >= 4 is 23.3 Å². The molecule has 1 fully saturated rings. The number of nitrogens with two attached hydrogens (primary N) is 1. The van der Waals surface area contributed by atoms with Gasteiger partial charge in [0.25, 0.3) is 5.91 Å². The molecular weight excluding hydrogens is 337 g/mol. The smallest absolute Gasteiger partial charge is 0.337 e. The fraction of sp³-hybridized carbons (Fsp3) is 0.263. The Bertz CT molecular complexity index is 833. The van der Waals surface area contributed by atoms with E-state index in [9.17, 15) is 14.0 Å². The molecular formula is C19H20FN3O3. The van der Waals surface area contributed by atoms with E-state index in [2.05, 4.69) is 0 Å². The van der Waals surface area contributed by atoms with Gasteiger partial charge >= 0.3 is 5.97 Å². The standard InChI is InChI=1S/C19H20FN3O3/c1-26-19(25)13-6-7-16(21)17(12-13)22-8-10-23(11-9-22)18(24)14-4-2-3-5-15(14)20/h2-7,12H,8-11,21H2,1H3. The maximum Gasteiger partial charge on any atom is 0.337 e. The molecule has 0 saturated carbocycles. The first-order valence-corrected chi connectivity index (χ1v) is 8.28. The van der Waals surface area contributed by atoms with Crippen molar-refractivity contribution in [2.75, 3.05) is 43.9 Å². The van der Waals surface area contributed by atoms with Crippen LogP contribution in [-0.4, -0.2) is 50.1 Å². The second-order valence-electron chi connectivity index (χ2n) is 6.02. The summed E-state index contributed by atoms with van der Waals surface area (Å²) in [6.07, 6.45) is 0. The van der Waals surface area contributed by atoms with Crippen LogP contribution in [0.25, 0.3) is 0 Å². The van der Waals surface area contributed by atoms with Gasteiger partial charge in [0, 0.05) is 26.2 Å². The number of carbonyl (C=O) groups excluding carboxylic acids is 2. The number of esters is 1. The van der Waals surface area contributed by atoms with E-state index >= 15 is 0 Å². The van der Waals surface area contributed by atoms with E-state index in [0.717, 1.165) is 5.69 Å². The first kappa shape index (κ1) is 17.7. The number of ether oxygens (including phenoxy) is 1. The fourth-order valence-electron chi connectivity index (χ4n) is 3.02. The van der Waals surface area contributed by atoms with E-state index in [4.69, 9.17) is 10.5 Å². The Morgan fingerprint density at radius 3 is 2.42 bits per heavy atom. The lowest BCUT2D eigenvalue weighted by Gasteiger charge is -2.36. The third-order valence-electron chi connectivity index (χ3n) is 4.46. The highest BCUT2D eigenvalue weighted by Gasteiger charge is 2.25. The summed E-state index contributed by atoms with van der Waals surface area (Å²) >= 11 is 0. The van der Waals surface area contributed by atoms with Gasteiger partial charge in [-0.1, -0.05) is 12.1 Å². The topological polar surface area (TPSA) is 75.9 Å². The van der Waals surface area contributed by atoms with Crippen molar-refractivity contribution in [1.82, 2.24) is 4.90 Å². The third kappa shape index (κ3) is 3.46. The molecule has 1 amide bonds. The molecule has 1 aliphatic rings. The number of nitrogens with zero attached hydrogens (tertiary/aromatic N) is 2. The first-order chi connectivity index (χ1) is 12.5. The summed E-state index contributed by atoms with van der Waals surface area (Å²) in [6, 6.07) is 10.9. The maximum atomic E-state index is 13.8. The predicted octanol–water partition coefficient (Wildman–Crippen LogP) is 2.16. The van der Waals surface area contributed by atoms with Gasteiger partial charge in [0.05, 0.1) is 29.6 Å². The molecule has 0 aromatic heterocycles. The number of piperazine rings is 1. The summed E-state index contributed by atoms with van der Waals surface area (Å²) in [7, 11) is 1.32. The van der Waals surface area contributed by atoms with Crippen molar-refractivity contribution in [3.05, 3.63) is 59.4 Å². The van der Waals surface area contributed by atoms with E-state index in [-0.39, 0.29) is 11.5 Å². The van der Waals surface area contributed by atoms with Crippen molar-refractivity contribution in [1.29, 1.82) is 0 Å². The summed E-state index contributed by atoms with van der Waals surface area (Å²) in [5, 5.41) is 0. The molecule has 1 aliphatic heterocycles. The zero-order chi connectivity index (χ0) is 18.7. The Morgan fingerprint density at radius 2 is 1.77 bits per heavy atom. The quantitative estimate of drug-likeness (QED) is 0.673. The van der Waals surface area contributed by atoms with Gasteiger partial charge in [-0.3, -0.25) is 4.79 Å². The minimum atomic E-state index is -0.519. The van der Waals surface area contributed by atoms with Crippen LogP contribution in [0.15, 0.2) is 42.5 Å². The predicted molar refractivity (Wildman–Crippen MR) is 96.7 cm³/mol. The number of anilines is 2. The van der Waals surface area contributed by atoms with Crippen molar-refractivity contribution in [2.45, 2.75) is 0 Å². The van der Waals surface area contributed by atoms with Crippen LogP contribution in [0.5, 0.6) is 0 Å². The summed E-state index contributed by atoms with van der Waals surface area (Å²) in [5.41, 5.74) is 7.81. The molecule has 1 heterocycles. The second-order valence-corrected chi connectivity index (χ2v) is 6.02. The number of rotatable bonds is 3. The number of amides is 1. The Balaban J connectivity index is 1.72. The van der Waals surface area contributed by atoms with Crippen LogP contribution in [0.3, 0.4) is 0 Å². The van der Waals surface area contributed by atoms with Crippen molar-refractivity contribution in [2.24, 2.45) is 0 Å². The molecule has 0 radical (unpaired) electrons. The number of methoxy groups -OCH3 is 1. The summed E-state index contributed by atoms with van der Waals surface area (Å²) in [4.78, 5) is 27.8. The lowest BCUT2D eigenvalue weighted by atomic mass is 10.1. The average molecular weight is 357 g/mol. The molecule has 0 bridgehead atoms. The molecule has 0 spiro atoms. The second kappa shape index (κ2) is 7.43. The van der Waals surface area contributed by atoms with E-state index < -0.39 is 11.8 Å². The fourth-order valence-corrected chi connectivity index (χ4v) is 3.02. The largest absolute Gasteiger partial charge is 0.465 e. The molecule has 2 aromatic rings. The molecule has 2 N–H and O–H groups in total. The van der Waals surface area contributed by atoms with E-state index in [0.29, 0.717) is 37.4 Å². The molecule has 3 rings (SSSR count). The van der Waals surface area contributed by atoms with Gasteiger partial charge in [0.15, 0.2) is 0 Å². The Labute approximate surface area is 150 Å². The van der Waals surface area contributed by atoms with Gasteiger partial charge in [-0.25, -0.2) is 9.18 Å². The Morgan fingerprint density at radius 1 is 1.08 bits per heavy atom. The number of hydrogen-bond donors (Lipinski definition) is 1. The molecule has 6 nitrogen and oxygen atoms in total. The van der Waals surface area contributed by atoms with Gasteiger partial charge in [0.1, 0.15) is 5.82 Å². The van der Waals surface area contributed by atoms with Crippen LogP contribution in [0.2, 0.25) is 0 Å². The highest BCUT2D eigenvalue weighted by Crippen LogP contribution is 2.26. The van der Waals surface area contributed by atoms with Crippen molar-refractivity contribution < 1.29 is 18.7 Å². The summed E-state index contributed by atoms with van der Waals surface area (Å²) < 4.78 is 18.6. The maximum absolute atomic E-state index is 13.8. The third-order valence-corrected chi connectivity index (χ3v) is 4.46. The number of hydrogen-bond acceptors (Lipinski definition) is 5. The summed E-state index contributed by atoms with van der Waals surface area (Å²) in [6.45, 7) is 1.95. The minimum absolute atomic E-state index is 0.0770. The monoisotopic (exact) mass is 357 g/mol. The van der Waals surface area contributed by atoms with Crippen LogP contribution in [0.1, 0.15) is 20.7 Å². The summed E-state index contributed by atoms with van der Waals surface area (Å²) in [5.74, 6) is -1.27. The molecule has 0 atom stereocenters. The first-order valence-electron chi connectivity index (χ1n) is 8.28. The zero-order valence-electron chi connectivity index (χ0n) is 14.4. The van der Waals surface area contributed by atoms with Crippen LogP contribution in [-0.2, 0) is 4.74 Å². The molecule has 2 aromatic carbocycles. The Hall–Kier alpha value is -3.09. The van der Waals surface area contributed by atoms with Crippen LogP contribution in [0, 0.1) is 5.82 Å². The Kier molecular flexibility index (Phi) is 5.06. The SMILES string of the molecule is COC(=O)c1ccc(N)c(N2CCN(C(=O)c3ccccc3F)CC2)c1. The van der Waals surface area contributed by atoms with Crippen LogP contribution < -0.4 is 10.6 Å². The van der Waals surface area contributed by atoms with Gasteiger partial charge in [-0.05, 0) is 30.3 Å². The highest BCUT2D eigenvalue weighted by atomic mass is 19.1. The van der Waals surface area contributed by atoms with E-state index in [1.165, 1.54) is 19.2 Å². The molecule has 0 aliphatic carbocycles. The molecule has 136 valence electrons. The lowest BCUT2D eigenvalue weighted by Crippen LogP contribution is -2.49. The molecule has 7 heteroatoms. The normalized spacial score (nSPS) is 14.2. The van der Waals surface area contributed by atoms with Crippen LogP contribution >= 0.6 is 0 Å². The average Bonchev–Trinajstić information content (AvgIpc) is 2.68. The van der Waals surface area contributed by atoms with E-state index in [1.807, 2.05) is 4.90 Å². The molecule has 1 saturated heterocycles. The molecule has 26 heavy (non-hydrogen) atoms. The van der Waals surface area contributed by atoms with Crippen LogP contribution in [0.4, 0.5) is 15.8 Å². The lowest BCUT2D eigenvalue weighted by molar-refractivity contribution is 0.0600.